The van der Waals surface area contributed by atoms with Crippen LogP contribution in [0.25, 0.3) is 127 Å². The molecule has 0 aliphatic rings. The van der Waals surface area contributed by atoms with Crippen molar-refractivity contribution in [2.24, 2.45) is 0 Å². The van der Waals surface area contributed by atoms with E-state index < -0.39 is 0 Å². The van der Waals surface area contributed by atoms with Crippen LogP contribution in [0.15, 0.2) is 251 Å². The summed E-state index contributed by atoms with van der Waals surface area (Å²) in [5.41, 5.74) is 19.0. The number of nitrogens with zero attached hydrogens (tertiary/aromatic N) is 2. The Morgan fingerprint density at radius 1 is 0.352 bits per heavy atom. The summed E-state index contributed by atoms with van der Waals surface area (Å²) in [6, 6.07) is 86.9. The Bertz CT molecular complexity index is 4410. The molecule has 0 aliphatic heterocycles. The SMILES string of the molecule is c1ccc(-n2c3ccccc3c3cc(-c4ccc5oc6cccc(N(c7ccc(-c8cccc9c8[nH]c8ccccc89)cc7)c7ccc(-c8cccc9c8oc8ccccc89)cc7)c6c5c4)ccc32)cc1. The quantitative estimate of drug-likeness (QED) is 0.173. The lowest BCUT2D eigenvalue weighted by molar-refractivity contribution is 0.669. The average Bonchev–Trinajstić information content (AvgIpc) is 4.21. The van der Waals surface area contributed by atoms with Crippen LogP contribution >= 0.6 is 0 Å². The number of anilines is 3. The van der Waals surface area contributed by atoms with Crippen molar-refractivity contribution in [1.82, 2.24) is 9.55 Å². The highest BCUT2D eigenvalue weighted by molar-refractivity contribution is 6.16. The molecule has 1 N–H and O–H groups in total. The van der Waals surface area contributed by atoms with Gasteiger partial charge in [0.15, 0.2) is 0 Å². The largest absolute Gasteiger partial charge is 0.456 e. The fraction of sp³-hybridized carbons (Fsp3) is 0. The summed E-state index contributed by atoms with van der Waals surface area (Å²) < 4.78 is 15.6. The predicted molar refractivity (Wildman–Crippen MR) is 296 cm³/mol. The van der Waals surface area contributed by atoms with Gasteiger partial charge in [0.25, 0.3) is 0 Å². The summed E-state index contributed by atoms with van der Waals surface area (Å²) >= 11 is 0. The van der Waals surface area contributed by atoms with Gasteiger partial charge in [0.05, 0.1) is 27.6 Å². The minimum Gasteiger partial charge on any atom is -0.456 e. The molecule has 5 nitrogen and oxygen atoms in total. The van der Waals surface area contributed by atoms with Crippen molar-refractivity contribution >= 4 is 105 Å². The molecule has 0 amide bonds. The van der Waals surface area contributed by atoms with Gasteiger partial charge in [-0.15, -0.1) is 0 Å². The summed E-state index contributed by atoms with van der Waals surface area (Å²) in [5.74, 6) is 0. The third-order valence-electron chi connectivity index (χ3n) is 14.6. The molecule has 71 heavy (non-hydrogen) atoms. The van der Waals surface area contributed by atoms with Crippen LogP contribution in [0, 0.1) is 0 Å². The first kappa shape index (κ1) is 39.4. The zero-order valence-electron chi connectivity index (χ0n) is 38.3. The van der Waals surface area contributed by atoms with Crippen LogP contribution in [0.5, 0.6) is 0 Å². The van der Waals surface area contributed by atoms with Gasteiger partial charge in [0, 0.05) is 71.4 Å². The van der Waals surface area contributed by atoms with E-state index in [1.807, 2.05) is 12.1 Å². The topological polar surface area (TPSA) is 50.2 Å². The number of para-hydroxylation sites is 6. The second-order valence-electron chi connectivity index (χ2n) is 18.5. The second-order valence-corrected chi connectivity index (χ2v) is 18.5. The van der Waals surface area contributed by atoms with Gasteiger partial charge < -0.3 is 23.3 Å². The molecule has 4 heterocycles. The van der Waals surface area contributed by atoms with Gasteiger partial charge in [-0.05, 0) is 113 Å². The Labute approximate surface area is 407 Å². The third-order valence-corrected chi connectivity index (χ3v) is 14.6. The molecule has 0 spiro atoms. The molecule has 0 bridgehead atoms. The van der Waals surface area contributed by atoms with E-state index in [0.29, 0.717) is 0 Å². The molecule has 15 aromatic rings. The van der Waals surface area contributed by atoms with Crippen molar-refractivity contribution in [1.29, 1.82) is 0 Å². The number of fused-ring (bicyclic) bond motifs is 12. The van der Waals surface area contributed by atoms with Crippen LogP contribution in [-0.4, -0.2) is 9.55 Å². The van der Waals surface area contributed by atoms with Gasteiger partial charge in [-0.25, -0.2) is 0 Å². The number of aromatic nitrogens is 2. The molecular weight excluding hydrogens is 867 g/mol. The van der Waals surface area contributed by atoms with Gasteiger partial charge in [-0.3, -0.25) is 0 Å². The number of rotatable bonds is 7. The molecule has 4 aromatic heterocycles. The zero-order chi connectivity index (χ0) is 46.6. The molecule has 0 fully saturated rings. The molecule has 0 saturated heterocycles. The summed E-state index contributed by atoms with van der Waals surface area (Å²) in [6.45, 7) is 0. The lowest BCUT2D eigenvalue weighted by atomic mass is 9.99. The van der Waals surface area contributed by atoms with Crippen molar-refractivity contribution in [2.75, 3.05) is 4.90 Å². The average molecular weight is 908 g/mol. The molecule has 15 rings (SSSR count). The monoisotopic (exact) mass is 907 g/mol. The first-order valence-electron chi connectivity index (χ1n) is 24.2. The van der Waals surface area contributed by atoms with Crippen LogP contribution in [0.1, 0.15) is 0 Å². The van der Waals surface area contributed by atoms with Crippen molar-refractivity contribution < 1.29 is 8.83 Å². The first-order chi connectivity index (χ1) is 35.2. The van der Waals surface area contributed by atoms with E-state index in [-0.39, 0.29) is 0 Å². The minimum atomic E-state index is 0.830. The van der Waals surface area contributed by atoms with E-state index in [1.165, 1.54) is 38.1 Å². The van der Waals surface area contributed by atoms with Crippen LogP contribution < -0.4 is 4.90 Å². The fourth-order valence-electron chi connectivity index (χ4n) is 11.3. The summed E-state index contributed by atoms with van der Waals surface area (Å²) in [4.78, 5) is 6.09. The maximum Gasteiger partial charge on any atom is 0.143 e. The summed E-state index contributed by atoms with van der Waals surface area (Å²) in [5, 5.41) is 9.24. The smallest absolute Gasteiger partial charge is 0.143 e. The number of nitrogens with one attached hydrogen (secondary N) is 1. The lowest BCUT2D eigenvalue weighted by Gasteiger charge is -2.26. The molecule has 11 aromatic carbocycles. The summed E-state index contributed by atoms with van der Waals surface area (Å²) in [7, 11) is 0. The Morgan fingerprint density at radius 3 is 1.75 bits per heavy atom. The third kappa shape index (κ3) is 6.13. The van der Waals surface area contributed by atoms with Crippen molar-refractivity contribution in [3.05, 3.63) is 243 Å². The minimum absolute atomic E-state index is 0.830. The Balaban J connectivity index is 0.889. The number of H-pyrrole nitrogens is 1. The Hall–Kier alpha value is -9.58. The molecule has 0 radical (unpaired) electrons. The standard InChI is InChI=1S/C66H41N3O2/c1-2-13-45(14-3-1)69-58-23-8-5-16-51(58)55-39-43(31-37-59(55)69)44-32-38-62-56(40-44)64-60(24-12-26-63(64)70-62)68(46-33-27-41(28-34-46)48-18-10-20-53-50-15-4-7-22-57(50)67-65(48)53)47-35-29-42(30-36-47)49-19-11-21-54-52-17-6-9-25-61(52)71-66(49)54/h1-40,67H. The molecule has 0 saturated carbocycles. The number of hydrogen-bond donors (Lipinski definition) is 1. The Morgan fingerprint density at radius 2 is 0.930 bits per heavy atom. The molecule has 0 atom stereocenters. The van der Waals surface area contributed by atoms with Crippen LogP contribution in [0.4, 0.5) is 17.1 Å². The van der Waals surface area contributed by atoms with E-state index in [0.717, 1.165) is 105 Å². The number of furan rings is 2. The number of aromatic amines is 1. The van der Waals surface area contributed by atoms with Gasteiger partial charge in [0.2, 0.25) is 0 Å². The highest BCUT2D eigenvalue weighted by atomic mass is 16.3. The van der Waals surface area contributed by atoms with E-state index in [9.17, 15) is 0 Å². The number of hydrogen-bond acceptors (Lipinski definition) is 3. The zero-order valence-corrected chi connectivity index (χ0v) is 38.3. The predicted octanol–water partition coefficient (Wildman–Crippen LogP) is 18.7. The van der Waals surface area contributed by atoms with Gasteiger partial charge in [0.1, 0.15) is 22.3 Å². The van der Waals surface area contributed by atoms with E-state index in [4.69, 9.17) is 8.83 Å². The van der Waals surface area contributed by atoms with Crippen molar-refractivity contribution in [3.63, 3.8) is 0 Å². The maximum atomic E-state index is 6.73. The van der Waals surface area contributed by atoms with E-state index in [2.05, 4.69) is 245 Å². The van der Waals surface area contributed by atoms with Crippen molar-refractivity contribution in [3.8, 4) is 39.1 Å². The normalized spacial score (nSPS) is 11.9. The second kappa shape index (κ2) is 15.5. The molecular formula is C66H41N3O2. The van der Waals surface area contributed by atoms with Gasteiger partial charge >= 0.3 is 0 Å². The molecule has 5 heteroatoms. The van der Waals surface area contributed by atoms with Crippen LogP contribution in [0.2, 0.25) is 0 Å². The lowest BCUT2D eigenvalue weighted by Crippen LogP contribution is -2.10. The van der Waals surface area contributed by atoms with Gasteiger partial charge in [-0.1, -0.05) is 152 Å². The summed E-state index contributed by atoms with van der Waals surface area (Å²) in [6.07, 6.45) is 0. The van der Waals surface area contributed by atoms with E-state index in [1.54, 1.807) is 0 Å². The maximum absolute atomic E-state index is 6.73. The van der Waals surface area contributed by atoms with Gasteiger partial charge in [-0.2, -0.15) is 0 Å². The molecule has 0 unspecified atom stereocenters. The number of benzene rings is 11. The van der Waals surface area contributed by atoms with Crippen LogP contribution in [-0.2, 0) is 0 Å². The molecule has 332 valence electrons. The van der Waals surface area contributed by atoms with Crippen molar-refractivity contribution in [2.45, 2.75) is 0 Å². The Kier molecular flexibility index (Phi) is 8.59. The van der Waals surface area contributed by atoms with Crippen LogP contribution in [0.3, 0.4) is 0 Å². The highest BCUT2D eigenvalue weighted by Gasteiger charge is 2.22. The fourth-order valence-corrected chi connectivity index (χ4v) is 11.3. The molecule has 0 aliphatic carbocycles. The first-order valence-corrected chi connectivity index (χ1v) is 24.2. The van der Waals surface area contributed by atoms with E-state index >= 15 is 0 Å². The highest BCUT2D eigenvalue weighted by Crippen LogP contribution is 2.46.